The van der Waals surface area contributed by atoms with Crippen LogP contribution in [0.4, 0.5) is 10.5 Å². The molecule has 6 heteroatoms. The van der Waals surface area contributed by atoms with Gasteiger partial charge in [0.25, 0.3) is 0 Å². The van der Waals surface area contributed by atoms with Gasteiger partial charge in [0.1, 0.15) is 23.2 Å². The van der Waals surface area contributed by atoms with Gasteiger partial charge >= 0.3 is 6.09 Å². The maximum atomic E-state index is 11.7. The molecule has 0 saturated carbocycles. The normalized spacial score (nSPS) is 16.1. The van der Waals surface area contributed by atoms with Crippen LogP contribution in [-0.4, -0.2) is 36.0 Å². The van der Waals surface area contributed by atoms with Crippen LogP contribution in [0.1, 0.15) is 33.6 Å². The van der Waals surface area contributed by atoms with Gasteiger partial charge in [-0.15, -0.1) is 0 Å². The Bertz CT molecular complexity index is 519. The lowest BCUT2D eigenvalue weighted by Gasteiger charge is -2.24. The zero-order valence-corrected chi connectivity index (χ0v) is 13.3. The van der Waals surface area contributed by atoms with Crippen LogP contribution in [0, 0.1) is 0 Å². The molecule has 1 aromatic rings. The molecule has 1 aromatic carbocycles. The van der Waals surface area contributed by atoms with E-state index in [2.05, 4.69) is 10.6 Å². The monoisotopic (exact) mass is 308 g/mol. The first kappa shape index (κ1) is 16.4. The number of nitrogens with one attached hydrogen (secondary N) is 2. The Kier molecular flexibility index (Phi) is 5.13. The van der Waals surface area contributed by atoms with Crippen molar-refractivity contribution in [3.63, 3.8) is 0 Å². The summed E-state index contributed by atoms with van der Waals surface area (Å²) >= 11 is 0. The van der Waals surface area contributed by atoms with Crippen LogP contribution in [-0.2, 0) is 4.74 Å². The molecular formula is C16H24N2O4. The Labute approximate surface area is 130 Å². The third-order valence-corrected chi connectivity index (χ3v) is 3.19. The average Bonchev–Trinajstić information content (AvgIpc) is 2.41. The minimum absolute atomic E-state index is 0.0442. The zero-order valence-electron chi connectivity index (χ0n) is 13.3. The number of carbonyl (C=O) groups is 1. The molecule has 0 aromatic heterocycles. The number of hydrogen-bond donors (Lipinski definition) is 3. The van der Waals surface area contributed by atoms with E-state index in [0.717, 1.165) is 25.9 Å². The van der Waals surface area contributed by atoms with Gasteiger partial charge in [-0.2, -0.15) is 0 Å². The van der Waals surface area contributed by atoms with Gasteiger partial charge in [-0.1, -0.05) is 0 Å². The van der Waals surface area contributed by atoms with Gasteiger partial charge < -0.3 is 19.9 Å². The molecule has 1 fully saturated rings. The molecule has 1 saturated heterocycles. The van der Waals surface area contributed by atoms with Gasteiger partial charge in [-0.05, 0) is 58.8 Å². The molecule has 0 aliphatic carbocycles. The maximum absolute atomic E-state index is 11.7. The summed E-state index contributed by atoms with van der Waals surface area (Å²) in [6.07, 6.45) is 1.44. The van der Waals surface area contributed by atoms with Crippen LogP contribution in [0.5, 0.6) is 11.5 Å². The molecule has 0 spiro atoms. The molecule has 1 amide bonds. The lowest BCUT2D eigenvalue weighted by molar-refractivity contribution is 0.0635. The molecule has 0 unspecified atom stereocenters. The van der Waals surface area contributed by atoms with Crippen LogP contribution in [0.25, 0.3) is 0 Å². The molecule has 6 nitrogen and oxygen atoms in total. The molecular weight excluding hydrogens is 284 g/mol. The Morgan fingerprint density at radius 1 is 1.32 bits per heavy atom. The second kappa shape index (κ2) is 6.87. The molecule has 3 N–H and O–H groups in total. The summed E-state index contributed by atoms with van der Waals surface area (Å²) < 4.78 is 11.0. The first-order chi connectivity index (χ1) is 10.3. The topological polar surface area (TPSA) is 79.8 Å². The molecule has 0 bridgehead atoms. The Balaban J connectivity index is 1.95. The fourth-order valence-corrected chi connectivity index (χ4v) is 2.21. The van der Waals surface area contributed by atoms with Gasteiger partial charge in [0.15, 0.2) is 0 Å². The predicted octanol–water partition coefficient (Wildman–Crippen LogP) is 2.87. The van der Waals surface area contributed by atoms with E-state index in [-0.39, 0.29) is 11.9 Å². The first-order valence-electron chi connectivity index (χ1n) is 7.54. The number of piperidine rings is 1. The van der Waals surface area contributed by atoms with Crippen LogP contribution < -0.4 is 15.4 Å². The van der Waals surface area contributed by atoms with Crippen molar-refractivity contribution in [2.45, 2.75) is 45.3 Å². The molecule has 2 rings (SSSR count). The predicted molar refractivity (Wildman–Crippen MR) is 84.5 cm³/mol. The summed E-state index contributed by atoms with van der Waals surface area (Å²) in [5.74, 6) is 0.552. The third kappa shape index (κ3) is 5.11. The highest BCUT2D eigenvalue weighted by Crippen LogP contribution is 2.29. The van der Waals surface area contributed by atoms with E-state index < -0.39 is 11.7 Å². The standard InChI is InChI=1S/C16H24N2O4/c1-16(2,3)22-15(20)18-13-5-4-12(10-14(13)19)21-11-6-8-17-9-7-11/h4-5,10-11,17,19H,6-9H2,1-3H3,(H,18,20). The van der Waals surface area contributed by atoms with E-state index in [1.54, 1.807) is 32.9 Å². The maximum Gasteiger partial charge on any atom is 0.412 e. The van der Waals surface area contributed by atoms with Gasteiger partial charge in [-0.3, -0.25) is 5.32 Å². The average molecular weight is 308 g/mol. The largest absolute Gasteiger partial charge is 0.506 e. The number of amides is 1. The molecule has 22 heavy (non-hydrogen) atoms. The lowest BCUT2D eigenvalue weighted by Crippen LogP contribution is -2.34. The number of benzene rings is 1. The number of hydrogen-bond acceptors (Lipinski definition) is 5. The molecule has 0 radical (unpaired) electrons. The van der Waals surface area contributed by atoms with Crippen molar-refractivity contribution in [3.8, 4) is 11.5 Å². The van der Waals surface area contributed by atoms with Gasteiger partial charge in [0.2, 0.25) is 0 Å². The minimum Gasteiger partial charge on any atom is -0.506 e. The third-order valence-electron chi connectivity index (χ3n) is 3.19. The summed E-state index contributed by atoms with van der Waals surface area (Å²) in [5, 5.41) is 15.8. The van der Waals surface area contributed by atoms with E-state index in [0.29, 0.717) is 11.4 Å². The highest BCUT2D eigenvalue weighted by Gasteiger charge is 2.18. The Morgan fingerprint density at radius 3 is 2.59 bits per heavy atom. The van der Waals surface area contributed by atoms with Crippen molar-refractivity contribution in [1.29, 1.82) is 0 Å². The number of phenolic OH excluding ortho intramolecular Hbond substituents is 1. The molecule has 122 valence electrons. The van der Waals surface area contributed by atoms with Crippen LogP contribution in [0.15, 0.2) is 18.2 Å². The van der Waals surface area contributed by atoms with Crippen molar-refractivity contribution in [2.75, 3.05) is 18.4 Å². The molecule has 1 heterocycles. The second-order valence-electron chi connectivity index (χ2n) is 6.37. The van der Waals surface area contributed by atoms with Gasteiger partial charge in [0, 0.05) is 6.07 Å². The molecule has 1 aliphatic rings. The van der Waals surface area contributed by atoms with E-state index in [1.165, 1.54) is 6.07 Å². The zero-order chi connectivity index (χ0) is 16.2. The Morgan fingerprint density at radius 2 is 2.00 bits per heavy atom. The summed E-state index contributed by atoms with van der Waals surface area (Å²) in [6, 6.07) is 4.85. The van der Waals surface area contributed by atoms with Crippen LogP contribution in [0.3, 0.4) is 0 Å². The second-order valence-corrected chi connectivity index (χ2v) is 6.37. The minimum atomic E-state index is -0.602. The van der Waals surface area contributed by atoms with Crippen molar-refractivity contribution in [3.05, 3.63) is 18.2 Å². The number of ether oxygens (including phenoxy) is 2. The van der Waals surface area contributed by atoms with Crippen molar-refractivity contribution < 1.29 is 19.4 Å². The smallest absolute Gasteiger partial charge is 0.412 e. The number of carbonyl (C=O) groups excluding carboxylic acids is 1. The quantitative estimate of drug-likeness (QED) is 0.748. The fraction of sp³-hybridized carbons (Fsp3) is 0.562. The van der Waals surface area contributed by atoms with Gasteiger partial charge in [0.05, 0.1) is 5.69 Å². The summed E-state index contributed by atoms with van der Waals surface area (Å²) in [7, 11) is 0. The van der Waals surface area contributed by atoms with Gasteiger partial charge in [-0.25, -0.2) is 4.79 Å². The fourth-order valence-electron chi connectivity index (χ4n) is 2.21. The van der Waals surface area contributed by atoms with Crippen molar-refractivity contribution in [1.82, 2.24) is 5.32 Å². The van der Waals surface area contributed by atoms with E-state index >= 15 is 0 Å². The van der Waals surface area contributed by atoms with Crippen molar-refractivity contribution >= 4 is 11.8 Å². The summed E-state index contributed by atoms with van der Waals surface area (Å²) in [6.45, 7) is 7.22. The molecule has 1 aliphatic heterocycles. The van der Waals surface area contributed by atoms with Crippen LogP contribution >= 0.6 is 0 Å². The van der Waals surface area contributed by atoms with Crippen LogP contribution in [0.2, 0.25) is 0 Å². The van der Waals surface area contributed by atoms with E-state index in [4.69, 9.17) is 9.47 Å². The first-order valence-corrected chi connectivity index (χ1v) is 7.54. The Hall–Kier alpha value is -1.95. The SMILES string of the molecule is CC(C)(C)OC(=O)Nc1ccc(OC2CCNCC2)cc1O. The summed E-state index contributed by atoms with van der Waals surface area (Å²) in [5.41, 5.74) is -0.287. The number of aromatic hydroxyl groups is 1. The number of phenols is 1. The van der Waals surface area contributed by atoms with E-state index in [9.17, 15) is 9.90 Å². The number of rotatable bonds is 3. The number of anilines is 1. The van der Waals surface area contributed by atoms with Crippen molar-refractivity contribution in [2.24, 2.45) is 0 Å². The lowest BCUT2D eigenvalue weighted by atomic mass is 10.1. The highest BCUT2D eigenvalue weighted by molar-refractivity contribution is 5.87. The highest BCUT2D eigenvalue weighted by atomic mass is 16.6. The summed E-state index contributed by atoms with van der Waals surface area (Å²) in [4.78, 5) is 11.7. The molecule has 0 atom stereocenters. The van der Waals surface area contributed by atoms with E-state index in [1.807, 2.05) is 0 Å².